The van der Waals surface area contributed by atoms with E-state index in [1.54, 1.807) is 19.0 Å². The van der Waals surface area contributed by atoms with E-state index in [0.717, 1.165) is 25.9 Å². The fraction of sp³-hybridized carbons (Fsp3) is 0.700. The summed E-state index contributed by atoms with van der Waals surface area (Å²) in [5, 5.41) is 0. The van der Waals surface area contributed by atoms with Crippen LogP contribution in [0.1, 0.15) is 12.8 Å². The molecular formula is C10H17ClN2O. The third kappa shape index (κ3) is 2.72. The predicted molar refractivity (Wildman–Crippen MR) is 58.3 cm³/mol. The minimum absolute atomic E-state index is 0.0536. The second-order valence-corrected chi connectivity index (χ2v) is 4.00. The number of halogens is 1. The van der Waals surface area contributed by atoms with Gasteiger partial charge in [-0.2, -0.15) is 0 Å². The fourth-order valence-corrected chi connectivity index (χ4v) is 1.88. The van der Waals surface area contributed by atoms with Crippen molar-refractivity contribution in [1.82, 2.24) is 9.80 Å². The minimum atomic E-state index is 0.0536. The first kappa shape index (κ1) is 11.5. The van der Waals surface area contributed by atoms with Crippen LogP contribution < -0.4 is 0 Å². The van der Waals surface area contributed by atoms with Crippen LogP contribution in [0.5, 0.6) is 0 Å². The van der Waals surface area contributed by atoms with Gasteiger partial charge in [-0.1, -0.05) is 17.7 Å². The van der Waals surface area contributed by atoms with Crippen LogP contribution in [0.4, 0.5) is 0 Å². The standard InChI is InChI=1S/C10H17ClN2O/c1-12(2)10(14)9-5-3-7-13(9)8-4-6-11/h4,6,9H,3,5,7-8H2,1-2H3/b6-4+. The predicted octanol–water partition coefficient (Wildman–Crippen LogP) is 1.29. The van der Waals surface area contributed by atoms with E-state index >= 15 is 0 Å². The van der Waals surface area contributed by atoms with Crippen molar-refractivity contribution in [2.24, 2.45) is 0 Å². The molecule has 1 unspecified atom stereocenters. The number of carbonyl (C=O) groups is 1. The lowest BCUT2D eigenvalue weighted by atomic mass is 10.2. The van der Waals surface area contributed by atoms with E-state index in [1.807, 2.05) is 6.08 Å². The van der Waals surface area contributed by atoms with Crippen molar-refractivity contribution in [3.05, 3.63) is 11.6 Å². The molecule has 1 saturated heterocycles. The monoisotopic (exact) mass is 216 g/mol. The summed E-state index contributed by atoms with van der Waals surface area (Å²) in [5.41, 5.74) is 1.51. The molecule has 1 aliphatic heterocycles. The van der Waals surface area contributed by atoms with Crippen LogP contribution in [-0.2, 0) is 4.79 Å². The van der Waals surface area contributed by atoms with Gasteiger partial charge in [0.1, 0.15) is 0 Å². The van der Waals surface area contributed by atoms with Gasteiger partial charge in [0.05, 0.1) is 6.04 Å². The van der Waals surface area contributed by atoms with Gasteiger partial charge in [0, 0.05) is 26.2 Å². The highest BCUT2D eigenvalue weighted by atomic mass is 35.5. The number of hydrogen-bond acceptors (Lipinski definition) is 2. The molecule has 1 heterocycles. The minimum Gasteiger partial charge on any atom is -0.347 e. The second-order valence-electron chi connectivity index (χ2n) is 3.75. The molecular weight excluding hydrogens is 200 g/mol. The molecule has 0 N–H and O–H groups in total. The molecule has 1 rings (SSSR count). The third-order valence-corrected chi connectivity index (χ3v) is 2.70. The summed E-state index contributed by atoms with van der Waals surface area (Å²) in [6.07, 6.45) is 3.94. The van der Waals surface area contributed by atoms with Crippen molar-refractivity contribution in [3.63, 3.8) is 0 Å². The summed E-state index contributed by atoms with van der Waals surface area (Å²) >= 11 is 5.47. The highest BCUT2D eigenvalue weighted by molar-refractivity contribution is 6.25. The lowest BCUT2D eigenvalue weighted by Gasteiger charge is -2.24. The third-order valence-electron chi connectivity index (χ3n) is 2.52. The molecule has 0 aromatic carbocycles. The maximum atomic E-state index is 11.7. The molecule has 0 aromatic rings. The molecule has 1 amide bonds. The smallest absolute Gasteiger partial charge is 0.239 e. The van der Waals surface area contributed by atoms with Crippen molar-refractivity contribution in [1.29, 1.82) is 0 Å². The molecule has 0 spiro atoms. The van der Waals surface area contributed by atoms with Gasteiger partial charge in [-0.3, -0.25) is 9.69 Å². The van der Waals surface area contributed by atoms with Crippen LogP contribution in [-0.4, -0.2) is 48.9 Å². The zero-order valence-corrected chi connectivity index (χ0v) is 9.50. The Hall–Kier alpha value is -0.540. The molecule has 0 bridgehead atoms. The summed E-state index contributed by atoms with van der Waals surface area (Å²) in [6.45, 7) is 1.76. The van der Waals surface area contributed by atoms with Gasteiger partial charge in [0.25, 0.3) is 0 Å². The number of nitrogens with zero attached hydrogens (tertiary/aromatic N) is 2. The average Bonchev–Trinajstić information content (AvgIpc) is 2.61. The van der Waals surface area contributed by atoms with E-state index < -0.39 is 0 Å². The molecule has 0 aromatic heterocycles. The van der Waals surface area contributed by atoms with Crippen LogP contribution in [0.3, 0.4) is 0 Å². The molecule has 14 heavy (non-hydrogen) atoms. The largest absolute Gasteiger partial charge is 0.347 e. The van der Waals surface area contributed by atoms with Gasteiger partial charge in [-0.25, -0.2) is 0 Å². The number of likely N-dealkylation sites (tertiary alicyclic amines) is 1. The molecule has 1 aliphatic rings. The van der Waals surface area contributed by atoms with Crippen LogP contribution in [0, 0.1) is 0 Å². The normalized spacial score (nSPS) is 23.2. The first-order chi connectivity index (χ1) is 6.66. The molecule has 0 saturated carbocycles. The molecule has 0 aliphatic carbocycles. The van der Waals surface area contributed by atoms with Gasteiger partial charge >= 0.3 is 0 Å². The quantitative estimate of drug-likeness (QED) is 0.710. The number of rotatable bonds is 3. The lowest BCUT2D eigenvalue weighted by Crippen LogP contribution is -2.42. The summed E-state index contributed by atoms with van der Waals surface area (Å²) in [6, 6.07) is 0.0536. The number of likely N-dealkylation sites (N-methyl/N-ethyl adjacent to an activating group) is 1. The average molecular weight is 217 g/mol. The number of carbonyl (C=O) groups excluding carboxylic acids is 1. The Bertz CT molecular complexity index is 228. The number of amides is 1. The second kappa shape index (κ2) is 5.37. The van der Waals surface area contributed by atoms with Crippen LogP contribution in [0.25, 0.3) is 0 Å². The van der Waals surface area contributed by atoms with Crippen molar-refractivity contribution in [3.8, 4) is 0 Å². The first-order valence-electron chi connectivity index (χ1n) is 4.87. The van der Waals surface area contributed by atoms with Crippen LogP contribution in [0.15, 0.2) is 11.6 Å². The zero-order chi connectivity index (χ0) is 10.6. The van der Waals surface area contributed by atoms with Gasteiger partial charge < -0.3 is 4.90 Å². The Balaban J connectivity index is 2.54. The fourth-order valence-electron chi connectivity index (χ4n) is 1.80. The van der Waals surface area contributed by atoms with E-state index in [9.17, 15) is 4.79 Å². The van der Waals surface area contributed by atoms with E-state index in [2.05, 4.69) is 4.90 Å². The summed E-state index contributed by atoms with van der Waals surface area (Å²) in [5.74, 6) is 0.200. The molecule has 1 atom stereocenters. The Kier molecular flexibility index (Phi) is 4.42. The van der Waals surface area contributed by atoms with Crippen molar-refractivity contribution in [2.75, 3.05) is 27.2 Å². The Labute approximate surface area is 90.3 Å². The zero-order valence-electron chi connectivity index (χ0n) is 8.74. The Morgan fingerprint density at radius 3 is 2.93 bits per heavy atom. The van der Waals surface area contributed by atoms with Crippen LogP contribution in [0.2, 0.25) is 0 Å². The van der Waals surface area contributed by atoms with Crippen molar-refractivity contribution >= 4 is 17.5 Å². The van der Waals surface area contributed by atoms with E-state index in [0.29, 0.717) is 0 Å². The topological polar surface area (TPSA) is 23.6 Å². The molecule has 80 valence electrons. The molecule has 3 nitrogen and oxygen atoms in total. The van der Waals surface area contributed by atoms with Crippen LogP contribution >= 0.6 is 11.6 Å². The van der Waals surface area contributed by atoms with Crippen molar-refractivity contribution in [2.45, 2.75) is 18.9 Å². The van der Waals surface area contributed by atoms with Gasteiger partial charge in [0.2, 0.25) is 5.91 Å². The van der Waals surface area contributed by atoms with E-state index in [1.165, 1.54) is 5.54 Å². The van der Waals surface area contributed by atoms with E-state index in [4.69, 9.17) is 11.6 Å². The molecule has 1 fully saturated rings. The maximum Gasteiger partial charge on any atom is 0.239 e. The Morgan fingerprint density at radius 1 is 1.64 bits per heavy atom. The van der Waals surface area contributed by atoms with Gasteiger partial charge in [-0.05, 0) is 19.4 Å². The molecule has 0 radical (unpaired) electrons. The Morgan fingerprint density at radius 2 is 2.36 bits per heavy atom. The summed E-state index contributed by atoms with van der Waals surface area (Å²) < 4.78 is 0. The summed E-state index contributed by atoms with van der Waals surface area (Å²) in [7, 11) is 3.60. The molecule has 4 heteroatoms. The van der Waals surface area contributed by atoms with E-state index in [-0.39, 0.29) is 11.9 Å². The highest BCUT2D eigenvalue weighted by Gasteiger charge is 2.30. The van der Waals surface area contributed by atoms with Crippen molar-refractivity contribution < 1.29 is 4.79 Å². The number of hydrogen-bond donors (Lipinski definition) is 0. The SMILES string of the molecule is CN(C)C(=O)C1CCCN1C/C=C/Cl. The van der Waals surface area contributed by atoms with Gasteiger partial charge in [-0.15, -0.1) is 0 Å². The van der Waals surface area contributed by atoms with Gasteiger partial charge in [0.15, 0.2) is 0 Å². The highest BCUT2D eigenvalue weighted by Crippen LogP contribution is 2.18. The summed E-state index contributed by atoms with van der Waals surface area (Å²) in [4.78, 5) is 15.6. The maximum absolute atomic E-state index is 11.7. The first-order valence-corrected chi connectivity index (χ1v) is 5.31. The lowest BCUT2D eigenvalue weighted by molar-refractivity contribution is -0.133.